The van der Waals surface area contributed by atoms with Crippen molar-refractivity contribution in [3.63, 3.8) is 0 Å². The smallest absolute Gasteiger partial charge is 0.0371 e. The van der Waals surface area contributed by atoms with Gasteiger partial charge in [-0.15, -0.1) is 0 Å². The van der Waals surface area contributed by atoms with Gasteiger partial charge in [-0.2, -0.15) is 0 Å². The maximum atomic E-state index is 3.40. The van der Waals surface area contributed by atoms with E-state index < -0.39 is 0 Å². The third-order valence-corrected chi connectivity index (χ3v) is 4.01. The van der Waals surface area contributed by atoms with Gasteiger partial charge in [-0.1, -0.05) is 19.9 Å². The van der Waals surface area contributed by atoms with Crippen molar-refractivity contribution >= 4 is 5.69 Å². The molecule has 1 aromatic rings. The molecule has 0 spiro atoms. The van der Waals surface area contributed by atoms with E-state index in [1.54, 1.807) is 0 Å². The van der Waals surface area contributed by atoms with Gasteiger partial charge in [0.2, 0.25) is 0 Å². The summed E-state index contributed by atoms with van der Waals surface area (Å²) in [6.07, 6.45) is 1.32. The van der Waals surface area contributed by atoms with Crippen molar-refractivity contribution < 1.29 is 0 Å². The van der Waals surface area contributed by atoms with E-state index >= 15 is 0 Å². The molecule has 1 heterocycles. The van der Waals surface area contributed by atoms with Gasteiger partial charge in [-0.25, -0.2) is 0 Å². The third kappa shape index (κ3) is 2.86. The summed E-state index contributed by atoms with van der Waals surface area (Å²) in [4.78, 5) is 2.55. The Morgan fingerprint density at radius 2 is 2.11 bits per heavy atom. The third-order valence-electron chi connectivity index (χ3n) is 4.01. The summed E-state index contributed by atoms with van der Waals surface area (Å²) in [5, 5.41) is 3.40. The zero-order valence-electron chi connectivity index (χ0n) is 12.2. The number of anilines is 1. The monoisotopic (exact) mass is 246 g/mol. The molecule has 100 valence electrons. The summed E-state index contributed by atoms with van der Waals surface area (Å²) in [5.41, 5.74) is 4.21. The van der Waals surface area contributed by atoms with Crippen LogP contribution in [-0.2, 0) is 6.54 Å². The summed E-state index contributed by atoms with van der Waals surface area (Å²) >= 11 is 0. The van der Waals surface area contributed by atoms with E-state index in [0.29, 0.717) is 6.04 Å². The lowest BCUT2D eigenvalue weighted by Crippen LogP contribution is -2.26. The Balaban J connectivity index is 2.13. The molecule has 0 saturated carbocycles. The molecule has 2 unspecified atom stereocenters. The van der Waals surface area contributed by atoms with E-state index in [-0.39, 0.29) is 0 Å². The number of benzene rings is 1. The Morgan fingerprint density at radius 3 is 2.67 bits per heavy atom. The van der Waals surface area contributed by atoms with Crippen molar-refractivity contribution in [3.05, 3.63) is 29.3 Å². The van der Waals surface area contributed by atoms with Crippen molar-refractivity contribution in [2.24, 2.45) is 5.92 Å². The second kappa shape index (κ2) is 5.75. The van der Waals surface area contributed by atoms with Gasteiger partial charge in [0.15, 0.2) is 0 Å². The maximum absolute atomic E-state index is 3.40. The van der Waals surface area contributed by atoms with E-state index in [2.05, 4.69) is 56.1 Å². The summed E-state index contributed by atoms with van der Waals surface area (Å²) < 4.78 is 0. The van der Waals surface area contributed by atoms with Crippen LogP contribution in [0.3, 0.4) is 0 Å². The fourth-order valence-electron chi connectivity index (χ4n) is 2.98. The van der Waals surface area contributed by atoms with E-state index in [9.17, 15) is 0 Å². The number of hydrogen-bond acceptors (Lipinski definition) is 2. The molecule has 1 fully saturated rings. The molecular formula is C16H26N2. The van der Waals surface area contributed by atoms with Gasteiger partial charge in [-0.3, -0.25) is 0 Å². The molecule has 2 nitrogen and oxygen atoms in total. The summed E-state index contributed by atoms with van der Waals surface area (Å²) in [7, 11) is 0. The van der Waals surface area contributed by atoms with Crippen LogP contribution in [0.5, 0.6) is 0 Å². The zero-order valence-corrected chi connectivity index (χ0v) is 12.2. The van der Waals surface area contributed by atoms with E-state index in [0.717, 1.165) is 19.0 Å². The SMILES string of the molecule is CCNCc1ccc(N2CC(C)CC2C)cc1C. The highest BCUT2D eigenvalue weighted by atomic mass is 15.2. The number of rotatable bonds is 4. The summed E-state index contributed by atoms with van der Waals surface area (Å²) in [6.45, 7) is 12.3. The second-order valence-corrected chi connectivity index (χ2v) is 5.73. The van der Waals surface area contributed by atoms with Crippen LogP contribution in [-0.4, -0.2) is 19.1 Å². The van der Waals surface area contributed by atoms with Crippen molar-refractivity contribution in [3.8, 4) is 0 Å². The fourth-order valence-corrected chi connectivity index (χ4v) is 2.98. The van der Waals surface area contributed by atoms with Crippen molar-refractivity contribution in [1.82, 2.24) is 5.32 Å². The van der Waals surface area contributed by atoms with Crippen LogP contribution in [0.25, 0.3) is 0 Å². The lowest BCUT2D eigenvalue weighted by atomic mass is 10.1. The molecule has 1 N–H and O–H groups in total. The second-order valence-electron chi connectivity index (χ2n) is 5.73. The lowest BCUT2D eigenvalue weighted by molar-refractivity contribution is 0.625. The average Bonchev–Trinajstić information content (AvgIpc) is 2.67. The van der Waals surface area contributed by atoms with Crippen LogP contribution in [0.4, 0.5) is 5.69 Å². The number of hydrogen-bond donors (Lipinski definition) is 1. The minimum absolute atomic E-state index is 0.680. The van der Waals surface area contributed by atoms with Gasteiger partial charge in [-0.05, 0) is 56.0 Å². The highest BCUT2D eigenvalue weighted by Gasteiger charge is 2.26. The van der Waals surface area contributed by atoms with Gasteiger partial charge in [0.1, 0.15) is 0 Å². The van der Waals surface area contributed by atoms with Crippen LogP contribution in [0, 0.1) is 12.8 Å². The number of nitrogens with one attached hydrogen (secondary N) is 1. The van der Waals surface area contributed by atoms with Crippen LogP contribution in [0.2, 0.25) is 0 Å². The van der Waals surface area contributed by atoms with Gasteiger partial charge in [0, 0.05) is 24.8 Å². The topological polar surface area (TPSA) is 15.3 Å². The maximum Gasteiger partial charge on any atom is 0.0371 e. The van der Waals surface area contributed by atoms with Gasteiger partial charge >= 0.3 is 0 Å². The highest BCUT2D eigenvalue weighted by Crippen LogP contribution is 2.29. The first-order chi connectivity index (χ1) is 8.61. The average molecular weight is 246 g/mol. The molecular weight excluding hydrogens is 220 g/mol. The largest absolute Gasteiger partial charge is 0.369 e. The van der Waals surface area contributed by atoms with Gasteiger partial charge in [0.05, 0.1) is 0 Å². The molecule has 0 aromatic heterocycles. The first-order valence-electron chi connectivity index (χ1n) is 7.18. The Kier molecular flexibility index (Phi) is 4.28. The molecule has 1 aromatic carbocycles. The normalized spacial score (nSPS) is 23.7. The molecule has 2 atom stereocenters. The van der Waals surface area contributed by atoms with Gasteiger partial charge < -0.3 is 10.2 Å². The minimum atomic E-state index is 0.680. The first-order valence-corrected chi connectivity index (χ1v) is 7.18. The number of aryl methyl sites for hydroxylation is 1. The minimum Gasteiger partial charge on any atom is -0.369 e. The Labute approximate surface area is 111 Å². The Hall–Kier alpha value is -1.02. The zero-order chi connectivity index (χ0) is 13.1. The molecule has 0 amide bonds. The molecule has 1 saturated heterocycles. The van der Waals surface area contributed by atoms with Crippen LogP contribution in [0.1, 0.15) is 38.3 Å². The molecule has 2 rings (SSSR count). The fraction of sp³-hybridized carbons (Fsp3) is 0.625. The van der Waals surface area contributed by atoms with E-state index in [1.165, 1.54) is 29.8 Å². The summed E-state index contributed by atoms with van der Waals surface area (Å²) in [6, 6.07) is 7.59. The molecule has 2 heteroatoms. The van der Waals surface area contributed by atoms with Crippen molar-refractivity contribution in [1.29, 1.82) is 0 Å². The van der Waals surface area contributed by atoms with Crippen LogP contribution < -0.4 is 10.2 Å². The molecule has 0 bridgehead atoms. The lowest BCUT2D eigenvalue weighted by Gasteiger charge is -2.25. The Morgan fingerprint density at radius 1 is 1.33 bits per heavy atom. The van der Waals surface area contributed by atoms with Crippen LogP contribution in [0.15, 0.2) is 18.2 Å². The molecule has 0 radical (unpaired) electrons. The summed E-state index contributed by atoms with van der Waals surface area (Å²) in [5.74, 6) is 0.821. The predicted molar refractivity (Wildman–Crippen MR) is 79.1 cm³/mol. The van der Waals surface area contributed by atoms with Crippen molar-refractivity contribution in [2.75, 3.05) is 18.0 Å². The Bertz CT molecular complexity index is 400. The van der Waals surface area contributed by atoms with E-state index in [4.69, 9.17) is 0 Å². The van der Waals surface area contributed by atoms with Crippen molar-refractivity contribution in [2.45, 2.75) is 46.7 Å². The molecule has 1 aliphatic rings. The number of nitrogens with zero attached hydrogens (tertiary/aromatic N) is 1. The predicted octanol–water partition coefficient (Wildman–Crippen LogP) is 3.34. The molecule has 1 aliphatic heterocycles. The van der Waals surface area contributed by atoms with E-state index in [1.807, 2.05) is 0 Å². The molecule has 18 heavy (non-hydrogen) atoms. The van der Waals surface area contributed by atoms with Gasteiger partial charge in [0.25, 0.3) is 0 Å². The standard InChI is InChI=1S/C16H26N2/c1-5-17-10-15-6-7-16(9-13(15)3)18-11-12(2)8-14(18)4/h6-7,9,12,14,17H,5,8,10-11H2,1-4H3. The first kappa shape index (κ1) is 13.4. The highest BCUT2D eigenvalue weighted by molar-refractivity contribution is 5.52. The molecule has 0 aliphatic carbocycles. The van der Waals surface area contributed by atoms with Crippen LogP contribution >= 0.6 is 0 Å². The quantitative estimate of drug-likeness (QED) is 0.876.